The van der Waals surface area contributed by atoms with Gasteiger partial charge in [0.25, 0.3) is 0 Å². The van der Waals surface area contributed by atoms with Gasteiger partial charge in [0, 0.05) is 39.0 Å². The lowest BCUT2D eigenvalue weighted by molar-refractivity contribution is -0.0449. The number of anilines is 3. The molecule has 6 aliphatic carbocycles. The summed E-state index contributed by atoms with van der Waals surface area (Å²) in [6.45, 7) is 14.6. The first-order valence-corrected chi connectivity index (χ1v) is 22.6. The molecule has 0 aromatic heterocycles. The van der Waals surface area contributed by atoms with Crippen LogP contribution in [0.25, 0.3) is 22.3 Å². The fourth-order valence-corrected chi connectivity index (χ4v) is 14.0. The van der Waals surface area contributed by atoms with Crippen LogP contribution in [0.4, 0.5) is 17.1 Å². The van der Waals surface area contributed by atoms with Crippen LogP contribution in [0.2, 0.25) is 0 Å². The number of rotatable bonds is 4. The van der Waals surface area contributed by atoms with E-state index in [4.69, 9.17) is 4.74 Å². The van der Waals surface area contributed by atoms with E-state index in [0.29, 0.717) is 11.8 Å². The Bertz CT molecular complexity index is 2670. The zero-order valence-electron chi connectivity index (χ0n) is 35.7. The first-order chi connectivity index (χ1) is 28.4. The van der Waals surface area contributed by atoms with Crippen molar-refractivity contribution < 1.29 is 4.74 Å². The Labute approximate surface area is 351 Å². The van der Waals surface area contributed by atoms with E-state index in [9.17, 15) is 0 Å². The van der Waals surface area contributed by atoms with Crippen molar-refractivity contribution in [3.05, 3.63) is 161 Å². The number of nitrogens with zero attached hydrogens (tertiary/aromatic N) is 1. The molecule has 0 amide bonds. The molecule has 1 spiro atoms. The maximum Gasteiger partial charge on any atom is 0.132 e. The van der Waals surface area contributed by atoms with E-state index >= 15 is 0 Å². The van der Waals surface area contributed by atoms with Gasteiger partial charge in [-0.1, -0.05) is 120 Å². The molecule has 13 rings (SSSR count). The van der Waals surface area contributed by atoms with Crippen LogP contribution in [0.1, 0.15) is 120 Å². The molecule has 0 atom stereocenters. The molecule has 7 aliphatic rings. The minimum Gasteiger partial charge on any atom is -0.457 e. The van der Waals surface area contributed by atoms with Crippen LogP contribution in [0.5, 0.6) is 11.5 Å². The van der Waals surface area contributed by atoms with Gasteiger partial charge in [-0.05, 0) is 172 Å². The highest BCUT2D eigenvalue weighted by atomic mass is 16.5. The van der Waals surface area contributed by atoms with Crippen molar-refractivity contribution in [1.29, 1.82) is 0 Å². The quantitative estimate of drug-likeness (QED) is 0.177. The van der Waals surface area contributed by atoms with Crippen molar-refractivity contribution in [2.45, 2.75) is 108 Å². The van der Waals surface area contributed by atoms with Crippen molar-refractivity contribution in [2.75, 3.05) is 4.90 Å². The van der Waals surface area contributed by atoms with Gasteiger partial charge in [-0.25, -0.2) is 0 Å². The summed E-state index contributed by atoms with van der Waals surface area (Å²) < 4.78 is 7.15. The minimum atomic E-state index is -0.103. The van der Waals surface area contributed by atoms with E-state index in [1.807, 2.05) is 0 Å². The van der Waals surface area contributed by atoms with E-state index in [1.54, 1.807) is 0 Å². The summed E-state index contributed by atoms with van der Waals surface area (Å²) in [5.74, 6) is 5.01. The molecule has 2 nitrogen and oxygen atoms in total. The van der Waals surface area contributed by atoms with Crippen molar-refractivity contribution in [3.63, 3.8) is 0 Å². The second-order valence-corrected chi connectivity index (χ2v) is 21.2. The van der Waals surface area contributed by atoms with Gasteiger partial charge in [0.05, 0.1) is 0 Å². The van der Waals surface area contributed by atoms with Crippen LogP contribution in [0.15, 0.2) is 127 Å². The SMILES string of the molecule is CC1(C)CCC(C)(C)c2cc(N(c3ccc4c(c3)C(C)(C)c3ccccc3-4)c3ccc4c(c3)C3(c5c(cccc5-c5ccccc5)O4)C4CC5CC(C4)CC3C5)ccc21. The molecule has 0 N–H and O–H groups in total. The monoisotopic (exact) mass is 771 g/mol. The molecule has 4 bridgehead atoms. The lowest BCUT2D eigenvalue weighted by Gasteiger charge is -2.63. The van der Waals surface area contributed by atoms with Crippen molar-refractivity contribution >= 4 is 17.1 Å². The highest BCUT2D eigenvalue weighted by Crippen LogP contribution is 2.70. The predicted octanol–water partition coefficient (Wildman–Crippen LogP) is 15.3. The highest BCUT2D eigenvalue weighted by molar-refractivity contribution is 5.87. The van der Waals surface area contributed by atoms with Gasteiger partial charge in [0.15, 0.2) is 0 Å². The van der Waals surface area contributed by atoms with Crippen molar-refractivity contribution in [2.24, 2.45) is 23.7 Å². The normalized spacial score (nSPS) is 26.6. The zero-order valence-corrected chi connectivity index (χ0v) is 35.7. The molecule has 0 unspecified atom stereocenters. The average molecular weight is 772 g/mol. The molecule has 2 heteroatoms. The molecule has 0 radical (unpaired) electrons. The smallest absolute Gasteiger partial charge is 0.132 e. The van der Waals surface area contributed by atoms with Crippen LogP contribution >= 0.6 is 0 Å². The minimum absolute atomic E-state index is 0.0961. The Hall–Kier alpha value is -5.08. The van der Waals surface area contributed by atoms with Crippen LogP contribution in [0, 0.1) is 23.7 Å². The summed E-state index contributed by atoms with van der Waals surface area (Å²) in [4.78, 5) is 2.60. The summed E-state index contributed by atoms with van der Waals surface area (Å²) in [5.41, 5.74) is 17.8. The third kappa shape index (κ3) is 4.98. The number of hydrogen-bond donors (Lipinski definition) is 0. The molecule has 1 heterocycles. The van der Waals surface area contributed by atoms with Gasteiger partial charge in [-0.2, -0.15) is 0 Å². The predicted molar refractivity (Wildman–Crippen MR) is 244 cm³/mol. The van der Waals surface area contributed by atoms with Crippen LogP contribution in [0.3, 0.4) is 0 Å². The molecule has 6 aromatic carbocycles. The van der Waals surface area contributed by atoms with E-state index in [2.05, 4.69) is 174 Å². The van der Waals surface area contributed by atoms with E-state index in [0.717, 1.165) is 23.3 Å². The number of benzene rings is 6. The van der Waals surface area contributed by atoms with Gasteiger partial charge >= 0.3 is 0 Å². The summed E-state index contributed by atoms with van der Waals surface area (Å²) in [7, 11) is 0. The largest absolute Gasteiger partial charge is 0.457 e. The van der Waals surface area contributed by atoms with Gasteiger partial charge in [0.1, 0.15) is 11.5 Å². The Morgan fingerprint density at radius 2 is 1.03 bits per heavy atom. The maximum atomic E-state index is 7.15. The second-order valence-electron chi connectivity index (χ2n) is 21.2. The maximum absolute atomic E-state index is 7.15. The topological polar surface area (TPSA) is 12.5 Å². The third-order valence-corrected chi connectivity index (χ3v) is 16.8. The molecule has 6 aromatic rings. The lowest BCUT2D eigenvalue weighted by Crippen LogP contribution is -2.57. The van der Waals surface area contributed by atoms with Crippen molar-refractivity contribution in [1.82, 2.24) is 0 Å². The van der Waals surface area contributed by atoms with Crippen LogP contribution in [-0.2, 0) is 21.7 Å². The highest BCUT2D eigenvalue weighted by Gasteiger charge is 2.62. The number of fused-ring (bicyclic) bond motifs is 6. The molecule has 4 fully saturated rings. The van der Waals surface area contributed by atoms with E-state index in [-0.39, 0.29) is 21.7 Å². The zero-order chi connectivity index (χ0) is 40.1. The Morgan fingerprint density at radius 1 is 0.458 bits per heavy atom. The summed E-state index contributed by atoms with van der Waals surface area (Å²) >= 11 is 0. The summed E-state index contributed by atoms with van der Waals surface area (Å²) in [6, 6.07) is 49.1. The first kappa shape index (κ1) is 35.8. The summed E-state index contributed by atoms with van der Waals surface area (Å²) in [5, 5.41) is 0. The molecule has 1 aliphatic heterocycles. The second kappa shape index (κ2) is 12.2. The van der Waals surface area contributed by atoms with Crippen LogP contribution < -0.4 is 9.64 Å². The summed E-state index contributed by atoms with van der Waals surface area (Å²) in [6.07, 6.45) is 9.10. The molecular weight excluding hydrogens is 715 g/mol. The van der Waals surface area contributed by atoms with Crippen LogP contribution in [-0.4, -0.2) is 0 Å². The Kier molecular flexibility index (Phi) is 7.44. The molecule has 4 saturated carbocycles. The van der Waals surface area contributed by atoms with E-state index in [1.165, 1.54) is 118 Å². The molecular formula is C57H57NO. The average Bonchev–Trinajstić information content (AvgIpc) is 3.46. The molecule has 296 valence electrons. The fourth-order valence-electron chi connectivity index (χ4n) is 14.0. The third-order valence-electron chi connectivity index (χ3n) is 16.8. The van der Waals surface area contributed by atoms with Gasteiger partial charge in [0.2, 0.25) is 0 Å². The first-order valence-electron chi connectivity index (χ1n) is 22.6. The van der Waals surface area contributed by atoms with Gasteiger partial charge in [-0.3, -0.25) is 0 Å². The van der Waals surface area contributed by atoms with Crippen molar-refractivity contribution in [3.8, 4) is 33.8 Å². The number of hydrogen-bond acceptors (Lipinski definition) is 2. The Balaban J connectivity index is 1.10. The van der Waals surface area contributed by atoms with Gasteiger partial charge < -0.3 is 9.64 Å². The standard InChI is InChI=1S/C57H57NO/c1-54(2)25-26-55(3,4)49-33-41(20-23-47(49)54)58(40-19-22-45-44-15-10-11-17-46(44)56(5,6)48(45)32-40)42-21-24-51-50(34-42)57(38-28-35-27-36(30-38)31-39(57)29-35)53-43(16-12-18-52(53)59-51)37-13-8-7-9-14-37/h7-24,32-36,38-39H,25-31H2,1-6H3. The van der Waals surface area contributed by atoms with Gasteiger partial charge in [-0.15, -0.1) is 0 Å². The molecule has 0 saturated heterocycles. The van der Waals surface area contributed by atoms with E-state index < -0.39 is 0 Å². The number of ether oxygens (including phenoxy) is 1. The fraction of sp³-hybridized carbons (Fsp3) is 0.368. The lowest BCUT2D eigenvalue weighted by atomic mass is 9.41. The Morgan fingerprint density at radius 3 is 1.76 bits per heavy atom. The molecule has 59 heavy (non-hydrogen) atoms.